The zero-order chi connectivity index (χ0) is 26.7. The third kappa shape index (κ3) is 7.94. The number of hydrogen-bond acceptors (Lipinski definition) is 3. The van der Waals surface area contributed by atoms with E-state index < -0.39 is 6.04 Å². The zero-order valence-electron chi connectivity index (χ0n) is 22.1. The lowest BCUT2D eigenvalue weighted by molar-refractivity contribution is -0.139. The molecule has 3 aromatic rings. The Labute approximate surface area is 230 Å². The van der Waals surface area contributed by atoms with Gasteiger partial charge in [-0.25, -0.2) is 4.39 Å². The maximum Gasteiger partial charge on any atom is 0.243 e. The van der Waals surface area contributed by atoms with Crippen molar-refractivity contribution in [1.82, 2.24) is 10.2 Å². The molecule has 0 radical (unpaired) electrons. The average Bonchev–Trinajstić information content (AvgIpc) is 2.93. The van der Waals surface area contributed by atoms with Crippen LogP contribution >= 0.6 is 11.8 Å². The summed E-state index contributed by atoms with van der Waals surface area (Å²) in [4.78, 5) is 29.3. The van der Waals surface area contributed by atoms with E-state index in [4.69, 9.17) is 0 Å². The van der Waals surface area contributed by atoms with E-state index in [1.165, 1.54) is 24.2 Å². The number of carbonyl (C=O) groups excluding carboxylic acids is 2. The molecule has 6 heteroatoms. The predicted molar refractivity (Wildman–Crippen MR) is 153 cm³/mol. The third-order valence-electron chi connectivity index (χ3n) is 7.27. The van der Waals surface area contributed by atoms with Gasteiger partial charge < -0.3 is 10.2 Å². The van der Waals surface area contributed by atoms with Crippen LogP contribution in [-0.4, -0.2) is 34.6 Å². The number of carbonyl (C=O) groups is 2. The number of amides is 2. The molecule has 38 heavy (non-hydrogen) atoms. The first-order valence-electron chi connectivity index (χ1n) is 13.5. The van der Waals surface area contributed by atoms with Crippen LogP contribution in [0.25, 0.3) is 0 Å². The fourth-order valence-corrected chi connectivity index (χ4v) is 5.91. The molecule has 0 aromatic heterocycles. The minimum atomic E-state index is -0.638. The maximum atomic E-state index is 14.1. The van der Waals surface area contributed by atoms with E-state index in [0.29, 0.717) is 24.3 Å². The van der Waals surface area contributed by atoms with Gasteiger partial charge in [-0.1, -0.05) is 92.1 Å². The Bertz CT molecular complexity index is 1200. The summed E-state index contributed by atoms with van der Waals surface area (Å²) >= 11 is 1.38. The number of halogens is 1. The summed E-state index contributed by atoms with van der Waals surface area (Å²) in [5.41, 5.74) is 3.68. The molecule has 0 aliphatic heterocycles. The van der Waals surface area contributed by atoms with Crippen LogP contribution in [0.3, 0.4) is 0 Å². The van der Waals surface area contributed by atoms with Crippen LogP contribution in [-0.2, 0) is 28.3 Å². The van der Waals surface area contributed by atoms with Gasteiger partial charge in [0.25, 0.3) is 0 Å². The van der Waals surface area contributed by atoms with Gasteiger partial charge >= 0.3 is 0 Å². The molecular weight excluding hydrogens is 495 g/mol. The van der Waals surface area contributed by atoms with Crippen molar-refractivity contribution in [3.63, 3.8) is 0 Å². The highest BCUT2D eigenvalue weighted by Gasteiger charge is 2.32. The molecule has 1 unspecified atom stereocenters. The number of nitrogens with one attached hydrogen (secondary N) is 1. The van der Waals surface area contributed by atoms with Crippen LogP contribution in [0.2, 0.25) is 0 Å². The van der Waals surface area contributed by atoms with Crippen molar-refractivity contribution in [3.8, 4) is 0 Å². The molecule has 200 valence electrons. The van der Waals surface area contributed by atoms with Crippen molar-refractivity contribution in [2.75, 3.05) is 5.75 Å². The van der Waals surface area contributed by atoms with Gasteiger partial charge in [-0.05, 0) is 48.1 Å². The molecule has 0 heterocycles. The van der Waals surface area contributed by atoms with Crippen LogP contribution < -0.4 is 5.32 Å². The van der Waals surface area contributed by atoms with E-state index in [2.05, 4.69) is 5.32 Å². The maximum absolute atomic E-state index is 14.1. The molecule has 1 N–H and O–H groups in total. The second kappa shape index (κ2) is 14.1. The molecular formula is C32H37FN2O2S. The van der Waals surface area contributed by atoms with Gasteiger partial charge in [0, 0.05) is 24.8 Å². The lowest BCUT2D eigenvalue weighted by Gasteiger charge is -2.34. The van der Waals surface area contributed by atoms with Crippen molar-refractivity contribution in [3.05, 3.63) is 107 Å². The molecule has 0 saturated heterocycles. The second-order valence-electron chi connectivity index (χ2n) is 10.1. The molecule has 1 atom stereocenters. The molecule has 4 nitrogen and oxygen atoms in total. The highest BCUT2D eigenvalue weighted by Crippen LogP contribution is 2.22. The predicted octanol–water partition coefficient (Wildman–Crippen LogP) is 6.46. The Kier molecular flexibility index (Phi) is 10.4. The molecule has 1 aliphatic rings. The van der Waals surface area contributed by atoms with Crippen LogP contribution in [0.15, 0.2) is 78.9 Å². The summed E-state index contributed by atoms with van der Waals surface area (Å²) in [6.45, 7) is 2.38. The number of hydrogen-bond donors (Lipinski definition) is 1. The number of aryl methyl sites for hydroxylation is 1. The Morgan fingerprint density at radius 1 is 0.921 bits per heavy atom. The smallest absolute Gasteiger partial charge is 0.243 e. The van der Waals surface area contributed by atoms with Crippen LogP contribution in [0.4, 0.5) is 4.39 Å². The summed E-state index contributed by atoms with van der Waals surface area (Å²) in [5.74, 6) is 0.0883. The molecule has 1 fully saturated rings. The van der Waals surface area contributed by atoms with Crippen LogP contribution in [0.1, 0.15) is 54.4 Å². The number of rotatable bonds is 11. The molecule has 3 aromatic carbocycles. The lowest BCUT2D eigenvalue weighted by atomic mass is 9.94. The van der Waals surface area contributed by atoms with Gasteiger partial charge in [-0.15, -0.1) is 11.8 Å². The van der Waals surface area contributed by atoms with Crippen LogP contribution in [0, 0.1) is 12.7 Å². The quantitative estimate of drug-likeness (QED) is 0.309. The number of nitrogens with zero attached hydrogens (tertiary/aromatic N) is 1. The standard InChI is InChI=1S/C32H37FN2O2S/c1-24-12-8-9-15-26(24)21-35(31(36)23-38-22-27-16-10-11-19-29(27)33)30(20-25-13-4-2-5-14-25)32(37)34-28-17-6-3-7-18-28/h2,4-5,8-16,19,28,30H,3,6-7,17-18,20-23H2,1H3,(H,34,37). The highest BCUT2D eigenvalue weighted by molar-refractivity contribution is 7.99. The van der Waals surface area contributed by atoms with Crippen molar-refractivity contribution in [2.24, 2.45) is 0 Å². The summed E-state index contributed by atoms with van der Waals surface area (Å²) < 4.78 is 14.1. The largest absolute Gasteiger partial charge is 0.352 e. The fourth-order valence-electron chi connectivity index (χ4n) is 5.02. The monoisotopic (exact) mass is 532 g/mol. The molecule has 1 aliphatic carbocycles. The van der Waals surface area contributed by atoms with E-state index in [0.717, 1.165) is 42.4 Å². The number of thioether (sulfide) groups is 1. The SMILES string of the molecule is Cc1ccccc1CN(C(=O)CSCc1ccccc1F)C(Cc1ccccc1)C(=O)NC1CCCCC1. The van der Waals surface area contributed by atoms with E-state index in [1.807, 2.05) is 61.5 Å². The first-order valence-corrected chi connectivity index (χ1v) is 14.7. The normalized spacial score (nSPS) is 14.6. The van der Waals surface area contributed by atoms with Crippen molar-refractivity contribution in [1.29, 1.82) is 0 Å². The Morgan fingerprint density at radius 2 is 1.58 bits per heavy atom. The van der Waals surface area contributed by atoms with Gasteiger partial charge in [0.2, 0.25) is 11.8 Å². The summed E-state index contributed by atoms with van der Waals surface area (Å²) in [7, 11) is 0. The topological polar surface area (TPSA) is 49.4 Å². The van der Waals surface area contributed by atoms with Gasteiger partial charge in [-0.2, -0.15) is 0 Å². The number of benzene rings is 3. The lowest BCUT2D eigenvalue weighted by Crippen LogP contribution is -2.53. The highest BCUT2D eigenvalue weighted by atomic mass is 32.2. The van der Waals surface area contributed by atoms with E-state index >= 15 is 0 Å². The first kappa shape index (κ1) is 27.9. The van der Waals surface area contributed by atoms with Crippen molar-refractivity contribution >= 4 is 23.6 Å². The van der Waals surface area contributed by atoms with Gasteiger partial charge in [0.1, 0.15) is 11.9 Å². The summed E-state index contributed by atoms with van der Waals surface area (Å²) in [5, 5.41) is 3.28. The van der Waals surface area contributed by atoms with E-state index in [1.54, 1.807) is 23.1 Å². The summed E-state index contributed by atoms with van der Waals surface area (Å²) in [6.07, 6.45) is 5.84. The molecule has 2 amide bonds. The zero-order valence-corrected chi connectivity index (χ0v) is 22.9. The Hall–Kier alpha value is -3.12. The molecule has 4 rings (SSSR count). The molecule has 0 bridgehead atoms. The van der Waals surface area contributed by atoms with Gasteiger partial charge in [0.05, 0.1) is 5.75 Å². The molecule has 0 spiro atoms. The van der Waals surface area contributed by atoms with Gasteiger partial charge in [-0.3, -0.25) is 9.59 Å². The third-order valence-corrected chi connectivity index (χ3v) is 8.23. The van der Waals surface area contributed by atoms with E-state index in [-0.39, 0.29) is 29.4 Å². The summed E-state index contributed by atoms with van der Waals surface area (Å²) in [6, 6.07) is 24.0. The Balaban J connectivity index is 1.58. The molecule has 1 saturated carbocycles. The van der Waals surface area contributed by atoms with Crippen molar-refractivity contribution in [2.45, 2.75) is 69.8 Å². The minimum Gasteiger partial charge on any atom is -0.352 e. The average molecular weight is 533 g/mol. The first-order chi connectivity index (χ1) is 18.5. The second-order valence-corrected chi connectivity index (χ2v) is 11.1. The van der Waals surface area contributed by atoms with Crippen molar-refractivity contribution < 1.29 is 14.0 Å². The van der Waals surface area contributed by atoms with Gasteiger partial charge in [0.15, 0.2) is 0 Å². The van der Waals surface area contributed by atoms with E-state index in [9.17, 15) is 14.0 Å². The van der Waals surface area contributed by atoms with Crippen LogP contribution in [0.5, 0.6) is 0 Å². The minimum absolute atomic E-state index is 0.0956. The Morgan fingerprint density at radius 3 is 2.29 bits per heavy atom. The fraction of sp³-hybridized carbons (Fsp3) is 0.375.